The normalized spacial score (nSPS) is 23.6. The average molecular weight is 553 g/mol. The topological polar surface area (TPSA) is 105 Å². The molecule has 3 rings (SSSR count). The van der Waals surface area contributed by atoms with Crippen molar-refractivity contribution in [2.24, 2.45) is 41.4 Å². The van der Waals surface area contributed by atoms with Gasteiger partial charge in [-0.2, -0.15) is 0 Å². The molecular weight excluding hydrogens is 515 g/mol. The van der Waals surface area contributed by atoms with Crippen LogP contribution in [0.3, 0.4) is 0 Å². The molecule has 1 aromatic carbocycles. The number of aryl methyl sites for hydroxylation is 1. The molecule has 2 aliphatic carbocycles. The molecular formula is C28H37FO8S. The predicted molar refractivity (Wildman–Crippen MR) is 137 cm³/mol. The summed E-state index contributed by atoms with van der Waals surface area (Å²) in [5.41, 5.74) is 0.542. The number of halogens is 1. The van der Waals surface area contributed by atoms with Crippen LogP contribution in [0.5, 0.6) is 0 Å². The van der Waals surface area contributed by atoms with Crippen molar-refractivity contribution in [3.05, 3.63) is 29.6 Å². The van der Waals surface area contributed by atoms with Crippen molar-refractivity contribution in [2.45, 2.75) is 58.8 Å². The molecule has 2 fully saturated rings. The van der Waals surface area contributed by atoms with E-state index in [-0.39, 0.29) is 48.2 Å². The van der Waals surface area contributed by atoms with Crippen LogP contribution in [0, 0.1) is 54.2 Å². The van der Waals surface area contributed by atoms with Gasteiger partial charge in [-0.1, -0.05) is 27.7 Å². The summed E-state index contributed by atoms with van der Waals surface area (Å²) in [5, 5.41) is 0. The Hall–Kier alpha value is -2.62. The number of hydrogen-bond donors (Lipinski definition) is 0. The number of fused-ring (bicyclic) bond motifs is 1. The lowest BCUT2D eigenvalue weighted by molar-refractivity contribution is -0.172. The van der Waals surface area contributed by atoms with Crippen LogP contribution >= 0.6 is 11.8 Å². The van der Waals surface area contributed by atoms with Gasteiger partial charge >= 0.3 is 23.9 Å². The highest BCUT2D eigenvalue weighted by molar-refractivity contribution is 7.99. The maximum absolute atomic E-state index is 13.6. The molecule has 0 N–H and O–H groups in total. The van der Waals surface area contributed by atoms with Crippen LogP contribution < -0.4 is 0 Å². The van der Waals surface area contributed by atoms with Gasteiger partial charge in [0.15, 0.2) is 0 Å². The molecule has 0 spiro atoms. The lowest BCUT2D eigenvalue weighted by atomic mass is 9.90. The van der Waals surface area contributed by atoms with E-state index < -0.39 is 49.3 Å². The Kier molecular flexibility index (Phi) is 10.6. The largest absolute Gasteiger partial charge is 0.428 e. The summed E-state index contributed by atoms with van der Waals surface area (Å²) in [6, 6.07) is 4.88. The SMILES string of the molecule is Cc1cc(SC[C@@H]2C[C@H]3[C@H](C(=O)OCOC(=O)CC(C)C)[C@H]3C2C(=O)OCOC(=O)CC(C)C)ccc1F. The van der Waals surface area contributed by atoms with Gasteiger partial charge in [0.2, 0.25) is 13.6 Å². The maximum Gasteiger partial charge on any atom is 0.312 e. The van der Waals surface area contributed by atoms with E-state index in [4.69, 9.17) is 18.9 Å². The molecule has 1 aromatic rings. The van der Waals surface area contributed by atoms with Gasteiger partial charge in [-0.15, -0.1) is 11.8 Å². The van der Waals surface area contributed by atoms with Crippen LogP contribution in [0.2, 0.25) is 0 Å². The Morgan fingerprint density at radius 3 is 1.97 bits per heavy atom. The first-order chi connectivity index (χ1) is 18.0. The van der Waals surface area contributed by atoms with Gasteiger partial charge in [-0.3, -0.25) is 19.2 Å². The highest BCUT2D eigenvalue weighted by Crippen LogP contribution is 2.64. The first-order valence-corrected chi connectivity index (χ1v) is 14.0. The maximum atomic E-state index is 13.6. The van der Waals surface area contributed by atoms with Gasteiger partial charge in [-0.05, 0) is 66.7 Å². The van der Waals surface area contributed by atoms with Gasteiger partial charge in [0.25, 0.3) is 0 Å². The van der Waals surface area contributed by atoms with Crippen molar-refractivity contribution in [3.63, 3.8) is 0 Å². The van der Waals surface area contributed by atoms with E-state index in [0.717, 1.165) is 4.90 Å². The van der Waals surface area contributed by atoms with Crippen LogP contribution in [-0.2, 0) is 38.1 Å². The number of thioether (sulfide) groups is 1. The molecule has 0 aromatic heterocycles. The minimum absolute atomic E-state index is 0.0459. The third-order valence-electron chi connectivity index (χ3n) is 6.86. The fraction of sp³-hybridized carbons (Fsp3) is 0.643. The Balaban J connectivity index is 1.58. The highest BCUT2D eigenvalue weighted by Gasteiger charge is 2.67. The first-order valence-electron chi connectivity index (χ1n) is 13.0. The molecule has 5 atom stereocenters. The van der Waals surface area contributed by atoms with Crippen molar-refractivity contribution >= 4 is 35.6 Å². The number of ether oxygens (including phenoxy) is 4. The number of esters is 4. The molecule has 0 radical (unpaired) electrons. The van der Waals surface area contributed by atoms with E-state index in [0.29, 0.717) is 17.7 Å². The molecule has 0 heterocycles. The van der Waals surface area contributed by atoms with E-state index in [1.54, 1.807) is 19.1 Å². The second-order valence-corrected chi connectivity index (χ2v) is 12.0. The minimum Gasteiger partial charge on any atom is -0.428 e. The fourth-order valence-electron chi connectivity index (χ4n) is 5.05. The Morgan fingerprint density at radius 1 is 0.895 bits per heavy atom. The van der Waals surface area contributed by atoms with E-state index in [1.165, 1.54) is 17.8 Å². The van der Waals surface area contributed by atoms with Crippen LogP contribution in [-0.4, -0.2) is 43.2 Å². The van der Waals surface area contributed by atoms with Gasteiger partial charge in [-0.25, -0.2) is 4.39 Å². The fourth-order valence-corrected chi connectivity index (χ4v) is 6.23. The number of hydrogen-bond acceptors (Lipinski definition) is 9. The van der Waals surface area contributed by atoms with Crippen molar-refractivity contribution < 1.29 is 42.5 Å². The van der Waals surface area contributed by atoms with Crippen molar-refractivity contribution in [1.29, 1.82) is 0 Å². The summed E-state index contributed by atoms with van der Waals surface area (Å²) in [6.07, 6.45) is 1.07. The van der Waals surface area contributed by atoms with Crippen LogP contribution in [0.1, 0.15) is 52.5 Å². The van der Waals surface area contributed by atoms with Gasteiger partial charge in [0, 0.05) is 23.5 Å². The average Bonchev–Trinajstić information content (AvgIpc) is 3.39. The predicted octanol–water partition coefficient (Wildman–Crippen LogP) is 4.90. The minimum atomic E-state index is -0.570. The Morgan fingerprint density at radius 2 is 1.45 bits per heavy atom. The van der Waals surface area contributed by atoms with E-state index in [2.05, 4.69) is 0 Å². The third-order valence-corrected chi connectivity index (χ3v) is 8.04. The molecule has 0 bridgehead atoms. The monoisotopic (exact) mass is 552 g/mol. The van der Waals surface area contributed by atoms with E-state index in [1.807, 2.05) is 27.7 Å². The molecule has 8 nitrogen and oxygen atoms in total. The highest BCUT2D eigenvalue weighted by atomic mass is 32.2. The van der Waals surface area contributed by atoms with Gasteiger partial charge < -0.3 is 18.9 Å². The summed E-state index contributed by atoms with van der Waals surface area (Å²) >= 11 is 1.52. The Labute approximate surface area is 227 Å². The summed E-state index contributed by atoms with van der Waals surface area (Å²) in [4.78, 5) is 50.2. The number of rotatable bonds is 13. The van der Waals surface area contributed by atoms with Crippen molar-refractivity contribution in [1.82, 2.24) is 0 Å². The lowest BCUT2D eigenvalue weighted by Crippen LogP contribution is -2.30. The number of benzene rings is 1. The van der Waals surface area contributed by atoms with E-state index >= 15 is 0 Å². The molecule has 2 aliphatic rings. The zero-order valence-corrected chi connectivity index (χ0v) is 23.4. The smallest absolute Gasteiger partial charge is 0.312 e. The number of carbonyl (C=O) groups excluding carboxylic acids is 4. The van der Waals surface area contributed by atoms with E-state index in [9.17, 15) is 23.6 Å². The standard InChI is InChI=1S/C28H37FO8S/c1-15(2)8-22(30)34-13-36-27(32)24-18(12-38-19-6-7-21(29)17(5)10-19)11-20-25(24)26(20)28(33)37-14-35-23(31)9-16(3)4/h6-7,10,15-16,18,20,24-26H,8-9,11-14H2,1-5H3/t18-,20+,24?,25+,26-/m0/s1. The number of carbonyl (C=O) groups is 4. The summed E-state index contributed by atoms with van der Waals surface area (Å²) in [6.45, 7) is 8.30. The molecule has 210 valence electrons. The molecule has 38 heavy (non-hydrogen) atoms. The van der Waals surface area contributed by atoms with Gasteiger partial charge in [0.05, 0.1) is 11.8 Å². The third kappa shape index (κ3) is 8.19. The molecule has 0 amide bonds. The molecule has 2 saturated carbocycles. The first kappa shape index (κ1) is 29.9. The zero-order chi connectivity index (χ0) is 28.0. The van der Waals surface area contributed by atoms with Crippen LogP contribution in [0.25, 0.3) is 0 Å². The second-order valence-electron chi connectivity index (χ2n) is 10.9. The van der Waals surface area contributed by atoms with Crippen LogP contribution in [0.4, 0.5) is 4.39 Å². The second kappa shape index (κ2) is 13.4. The van der Waals surface area contributed by atoms with Crippen molar-refractivity contribution in [3.8, 4) is 0 Å². The summed E-state index contributed by atoms with van der Waals surface area (Å²) in [5.74, 6) is -2.78. The lowest BCUT2D eigenvalue weighted by Gasteiger charge is -2.22. The molecule has 1 unspecified atom stereocenters. The van der Waals surface area contributed by atoms with Gasteiger partial charge in [0.1, 0.15) is 5.82 Å². The summed E-state index contributed by atoms with van der Waals surface area (Å²) < 4.78 is 34.1. The molecule has 10 heteroatoms. The zero-order valence-electron chi connectivity index (χ0n) is 22.6. The molecule has 0 aliphatic heterocycles. The van der Waals surface area contributed by atoms with Crippen molar-refractivity contribution in [2.75, 3.05) is 19.3 Å². The van der Waals surface area contributed by atoms with Crippen LogP contribution in [0.15, 0.2) is 23.1 Å². The summed E-state index contributed by atoms with van der Waals surface area (Å²) in [7, 11) is 0. The Bertz CT molecular complexity index is 1030. The quantitative estimate of drug-likeness (QED) is 0.192. The molecule has 0 saturated heterocycles.